The minimum Gasteiger partial charge on any atom is -0.382 e. The summed E-state index contributed by atoms with van der Waals surface area (Å²) in [6, 6.07) is 0. The lowest BCUT2D eigenvalue weighted by molar-refractivity contribution is 0.0536. The van der Waals surface area contributed by atoms with Crippen molar-refractivity contribution in [3.63, 3.8) is 0 Å². The van der Waals surface area contributed by atoms with Crippen LogP contribution in [0.25, 0.3) is 0 Å². The van der Waals surface area contributed by atoms with Crippen molar-refractivity contribution in [2.24, 2.45) is 16.8 Å². The van der Waals surface area contributed by atoms with Crippen LogP contribution in [-0.4, -0.2) is 64.0 Å². The Bertz CT molecular complexity index is 308. The molecule has 5 heteroatoms. The number of ether oxygens (including phenoxy) is 2. The van der Waals surface area contributed by atoms with Gasteiger partial charge in [-0.2, -0.15) is 0 Å². The van der Waals surface area contributed by atoms with Crippen molar-refractivity contribution in [2.75, 3.05) is 53.1 Å². The maximum atomic E-state index is 5.66. The molecule has 22 heavy (non-hydrogen) atoms. The van der Waals surface area contributed by atoms with Crippen LogP contribution >= 0.6 is 0 Å². The number of nitrogens with one attached hydrogen (secondary N) is 1. The summed E-state index contributed by atoms with van der Waals surface area (Å²) >= 11 is 0. The summed E-state index contributed by atoms with van der Waals surface area (Å²) in [7, 11) is 1.71. The molecule has 0 spiro atoms. The van der Waals surface area contributed by atoms with E-state index in [4.69, 9.17) is 14.5 Å². The molecular formula is C17H35N3O2. The maximum Gasteiger partial charge on any atom is 0.193 e. The highest BCUT2D eigenvalue weighted by atomic mass is 16.5. The molecule has 1 heterocycles. The third-order valence-corrected chi connectivity index (χ3v) is 3.91. The second kappa shape index (κ2) is 11.7. The number of likely N-dealkylation sites (tertiary alicyclic amines) is 1. The van der Waals surface area contributed by atoms with Crippen LogP contribution in [0.5, 0.6) is 0 Å². The van der Waals surface area contributed by atoms with Gasteiger partial charge in [0.15, 0.2) is 5.96 Å². The summed E-state index contributed by atoms with van der Waals surface area (Å²) in [5, 5.41) is 3.42. The first kappa shape index (κ1) is 19.2. The molecule has 1 unspecified atom stereocenters. The van der Waals surface area contributed by atoms with Gasteiger partial charge in [-0.05, 0) is 32.1 Å². The molecule has 0 aromatic carbocycles. The number of hydrogen-bond acceptors (Lipinski definition) is 3. The van der Waals surface area contributed by atoms with Crippen molar-refractivity contribution >= 4 is 5.96 Å². The Morgan fingerprint density at radius 3 is 2.86 bits per heavy atom. The van der Waals surface area contributed by atoms with Gasteiger partial charge in [0.1, 0.15) is 0 Å². The Balaban J connectivity index is 2.33. The first-order chi connectivity index (χ1) is 10.7. The second-order valence-electron chi connectivity index (χ2n) is 6.44. The zero-order valence-electron chi connectivity index (χ0n) is 14.9. The zero-order chi connectivity index (χ0) is 16.2. The first-order valence-electron chi connectivity index (χ1n) is 8.77. The topological polar surface area (TPSA) is 46.1 Å². The summed E-state index contributed by atoms with van der Waals surface area (Å²) in [5.41, 5.74) is 0. The molecule has 0 aromatic rings. The Morgan fingerprint density at radius 2 is 2.18 bits per heavy atom. The van der Waals surface area contributed by atoms with Crippen LogP contribution in [0.2, 0.25) is 0 Å². The standard InChI is InChI=1S/C17H35N3O2/c1-5-18-17(19-9-6-7-15(2)3)20-10-8-16(13-20)14-22-12-11-21-4/h15-16H,5-14H2,1-4H3,(H,18,19). The van der Waals surface area contributed by atoms with E-state index in [1.807, 2.05) is 0 Å². The lowest BCUT2D eigenvalue weighted by atomic mass is 10.1. The number of methoxy groups -OCH3 is 1. The molecule has 1 saturated heterocycles. The van der Waals surface area contributed by atoms with Crippen molar-refractivity contribution in [3.8, 4) is 0 Å². The van der Waals surface area contributed by atoms with Gasteiger partial charge in [-0.15, -0.1) is 0 Å². The van der Waals surface area contributed by atoms with E-state index >= 15 is 0 Å². The number of rotatable bonds is 10. The van der Waals surface area contributed by atoms with Crippen molar-refractivity contribution in [2.45, 2.75) is 40.0 Å². The van der Waals surface area contributed by atoms with E-state index in [1.165, 1.54) is 19.3 Å². The molecule has 0 aromatic heterocycles. The van der Waals surface area contributed by atoms with Gasteiger partial charge in [-0.3, -0.25) is 4.99 Å². The van der Waals surface area contributed by atoms with E-state index in [0.29, 0.717) is 19.1 Å². The van der Waals surface area contributed by atoms with Gasteiger partial charge in [-0.1, -0.05) is 13.8 Å². The number of hydrogen-bond donors (Lipinski definition) is 1. The fraction of sp³-hybridized carbons (Fsp3) is 0.941. The van der Waals surface area contributed by atoms with Crippen LogP contribution in [0.3, 0.4) is 0 Å². The summed E-state index contributed by atoms with van der Waals surface area (Å²) in [6.07, 6.45) is 3.60. The average molecular weight is 313 g/mol. The third kappa shape index (κ3) is 7.99. The number of nitrogens with zero attached hydrogens (tertiary/aromatic N) is 2. The lowest BCUT2D eigenvalue weighted by Crippen LogP contribution is -2.40. The SMILES string of the molecule is CCNC(=NCCCC(C)C)N1CCC(COCCOC)C1. The third-order valence-electron chi connectivity index (χ3n) is 3.91. The zero-order valence-corrected chi connectivity index (χ0v) is 14.9. The van der Waals surface area contributed by atoms with Crippen LogP contribution in [-0.2, 0) is 9.47 Å². The fourth-order valence-corrected chi connectivity index (χ4v) is 2.66. The summed E-state index contributed by atoms with van der Waals surface area (Å²) < 4.78 is 10.7. The van der Waals surface area contributed by atoms with Crippen molar-refractivity contribution in [1.82, 2.24) is 10.2 Å². The molecule has 0 amide bonds. The number of guanidine groups is 1. The highest BCUT2D eigenvalue weighted by Crippen LogP contribution is 2.16. The van der Waals surface area contributed by atoms with Gasteiger partial charge in [0.25, 0.3) is 0 Å². The van der Waals surface area contributed by atoms with E-state index in [0.717, 1.165) is 44.7 Å². The maximum absolute atomic E-state index is 5.66. The highest BCUT2D eigenvalue weighted by molar-refractivity contribution is 5.80. The molecule has 5 nitrogen and oxygen atoms in total. The predicted octanol–water partition coefficient (Wildman–Crippen LogP) is 2.37. The van der Waals surface area contributed by atoms with E-state index in [-0.39, 0.29) is 0 Å². The van der Waals surface area contributed by atoms with Gasteiger partial charge in [0.2, 0.25) is 0 Å². The average Bonchev–Trinajstić information content (AvgIpc) is 2.95. The molecule has 1 fully saturated rings. The molecule has 1 aliphatic rings. The largest absolute Gasteiger partial charge is 0.382 e. The van der Waals surface area contributed by atoms with Crippen LogP contribution in [0, 0.1) is 11.8 Å². The van der Waals surface area contributed by atoms with Crippen molar-refractivity contribution in [1.29, 1.82) is 0 Å². The molecule has 130 valence electrons. The Morgan fingerprint density at radius 1 is 1.36 bits per heavy atom. The molecule has 0 saturated carbocycles. The normalized spacial score (nSPS) is 19.2. The van der Waals surface area contributed by atoms with Crippen LogP contribution in [0.1, 0.15) is 40.0 Å². The molecule has 1 atom stereocenters. The molecular weight excluding hydrogens is 278 g/mol. The second-order valence-corrected chi connectivity index (χ2v) is 6.44. The molecule has 1 N–H and O–H groups in total. The Hall–Kier alpha value is -0.810. The fourth-order valence-electron chi connectivity index (χ4n) is 2.66. The summed E-state index contributed by atoms with van der Waals surface area (Å²) in [4.78, 5) is 7.16. The molecule has 0 bridgehead atoms. The van der Waals surface area contributed by atoms with Crippen LogP contribution < -0.4 is 5.32 Å². The van der Waals surface area contributed by atoms with E-state index in [2.05, 4.69) is 31.0 Å². The summed E-state index contributed by atoms with van der Waals surface area (Å²) in [6.45, 7) is 12.8. The van der Waals surface area contributed by atoms with Crippen LogP contribution in [0.4, 0.5) is 0 Å². The molecule has 1 rings (SSSR count). The Labute approximate surface area is 136 Å². The first-order valence-corrected chi connectivity index (χ1v) is 8.77. The van der Waals surface area contributed by atoms with Crippen LogP contribution in [0.15, 0.2) is 4.99 Å². The van der Waals surface area contributed by atoms with Gasteiger partial charge in [0.05, 0.1) is 19.8 Å². The summed E-state index contributed by atoms with van der Waals surface area (Å²) in [5.74, 6) is 2.44. The van der Waals surface area contributed by atoms with Crippen molar-refractivity contribution in [3.05, 3.63) is 0 Å². The monoisotopic (exact) mass is 313 g/mol. The van der Waals surface area contributed by atoms with E-state index < -0.39 is 0 Å². The Kier molecular flexibility index (Phi) is 10.2. The number of aliphatic imine (C=N–C) groups is 1. The lowest BCUT2D eigenvalue weighted by Gasteiger charge is -2.21. The van der Waals surface area contributed by atoms with Crippen molar-refractivity contribution < 1.29 is 9.47 Å². The van der Waals surface area contributed by atoms with E-state index in [1.54, 1.807) is 7.11 Å². The molecule has 0 aliphatic carbocycles. The smallest absolute Gasteiger partial charge is 0.193 e. The predicted molar refractivity (Wildman–Crippen MR) is 92.4 cm³/mol. The van der Waals surface area contributed by atoms with Gasteiger partial charge >= 0.3 is 0 Å². The minimum atomic E-state index is 0.608. The van der Waals surface area contributed by atoms with Gasteiger partial charge in [-0.25, -0.2) is 0 Å². The highest BCUT2D eigenvalue weighted by Gasteiger charge is 2.24. The van der Waals surface area contributed by atoms with Gasteiger partial charge in [0, 0.05) is 39.2 Å². The quantitative estimate of drug-likeness (QED) is 0.382. The molecule has 0 radical (unpaired) electrons. The minimum absolute atomic E-state index is 0.608. The van der Waals surface area contributed by atoms with Gasteiger partial charge < -0.3 is 19.7 Å². The molecule has 1 aliphatic heterocycles. The van der Waals surface area contributed by atoms with E-state index in [9.17, 15) is 0 Å².